The van der Waals surface area contributed by atoms with Crippen molar-refractivity contribution in [2.75, 3.05) is 0 Å². The smallest absolute Gasteiger partial charge is 0.195 e. The van der Waals surface area contributed by atoms with Crippen LogP contribution < -0.4 is 0 Å². The Labute approximate surface area is 96.1 Å². The Bertz CT molecular complexity index is 562. The van der Waals surface area contributed by atoms with E-state index in [2.05, 4.69) is 0 Å². The molecule has 1 N–H and O–H groups in total. The number of phenolic OH excluding ortho intramolecular Hbond substituents is 1. The van der Waals surface area contributed by atoms with Crippen molar-refractivity contribution in [3.05, 3.63) is 65.2 Å². The molecule has 0 aromatic heterocycles. The SMILES string of the molecule is O=C(c1ccc(F)cc1)c1ccc(O)cc1F. The van der Waals surface area contributed by atoms with E-state index in [1.807, 2.05) is 0 Å². The van der Waals surface area contributed by atoms with Gasteiger partial charge in [-0.3, -0.25) is 4.79 Å². The lowest BCUT2D eigenvalue weighted by molar-refractivity contribution is 0.103. The highest BCUT2D eigenvalue weighted by Crippen LogP contribution is 2.18. The largest absolute Gasteiger partial charge is 0.508 e. The van der Waals surface area contributed by atoms with Gasteiger partial charge in [-0.25, -0.2) is 8.78 Å². The predicted molar refractivity (Wildman–Crippen MR) is 57.9 cm³/mol. The van der Waals surface area contributed by atoms with Gasteiger partial charge in [0, 0.05) is 11.6 Å². The van der Waals surface area contributed by atoms with Crippen molar-refractivity contribution < 1.29 is 18.7 Å². The molecule has 0 spiro atoms. The summed E-state index contributed by atoms with van der Waals surface area (Å²) in [6, 6.07) is 8.10. The van der Waals surface area contributed by atoms with Crippen LogP contribution >= 0.6 is 0 Å². The first-order valence-electron chi connectivity index (χ1n) is 4.87. The van der Waals surface area contributed by atoms with Crippen LogP contribution in [-0.2, 0) is 0 Å². The van der Waals surface area contributed by atoms with Gasteiger partial charge in [-0.2, -0.15) is 0 Å². The number of hydrogen-bond acceptors (Lipinski definition) is 2. The number of carbonyl (C=O) groups is 1. The molecule has 0 unspecified atom stereocenters. The fourth-order valence-electron chi connectivity index (χ4n) is 1.44. The van der Waals surface area contributed by atoms with Crippen molar-refractivity contribution in [3.8, 4) is 5.75 Å². The average Bonchev–Trinajstić information content (AvgIpc) is 2.29. The second-order valence-electron chi connectivity index (χ2n) is 3.50. The predicted octanol–water partition coefficient (Wildman–Crippen LogP) is 2.90. The lowest BCUT2D eigenvalue weighted by atomic mass is 10.0. The third kappa shape index (κ3) is 2.30. The van der Waals surface area contributed by atoms with Crippen molar-refractivity contribution in [3.63, 3.8) is 0 Å². The molecule has 0 saturated heterocycles. The molecule has 0 aliphatic heterocycles. The van der Waals surface area contributed by atoms with Crippen molar-refractivity contribution in [2.24, 2.45) is 0 Å². The quantitative estimate of drug-likeness (QED) is 0.811. The maximum Gasteiger partial charge on any atom is 0.195 e. The Morgan fingerprint density at radius 3 is 2.24 bits per heavy atom. The molecule has 0 radical (unpaired) electrons. The van der Waals surface area contributed by atoms with Crippen molar-refractivity contribution in [2.45, 2.75) is 0 Å². The molecule has 0 amide bonds. The third-order valence-electron chi connectivity index (χ3n) is 2.30. The van der Waals surface area contributed by atoms with Crippen LogP contribution in [0.4, 0.5) is 8.78 Å². The summed E-state index contributed by atoms with van der Waals surface area (Å²) in [5.41, 5.74) is 0.0328. The van der Waals surface area contributed by atoms with Crippen LogP contribution in [0.15, 0.2) is 42.5 Å². The highest BCUT2D eigenvalue weighted by molar-refractivity contribution is 6.09. The second kappa shape index (κ2) is 4.33. The van der Waals surface area contributed by atoms with E-state index in [1.54, 1.807) is 0 Å². The Morgan fingerprint density at radius 1 is 1.00 bits per heavy atom. The lowest BCUT2D eigenvalue weighted by Gasteiger charge is -2.03. The molecule has 0 bridgehead atoms. The summed E-state index contributed by atoms with van der Waals surface area (Å²) in [6.45, 7) is 0. The minimum Gasteiger partial charge on any atom is -0.508 e. The minimum atomic E-state index is -0.806. The van der Waals surface area contributed by atoms with Gasteiger partial charge in [0.2, 0.25) is 0 Å². The van der Waals surface area contributed by atoms with Crippen molar-refractivity contribution >= 4 is 5.78 Å². The Kier molecular flexibility index (Phi) is 2.87. The molecule has 0 saturated carbocycles. The summed E-state index contributed by atoms with van der Waals surface area (Å²) in [5, 5.41) is 9.03. The van der Waals surface area contributed by atoms with E-state index in [9.17, 15) is 13.6 Å². The first kappa shape index (κ1) is 11.3. The van der Waals surface area contributed by atoms with Gasteiger partial charge in [0.05, 0.1) is 5.56 Å². The van der Waals surface area contributed by atoms with Gasteiger partial charge >= 0.3 is 0 Å². The normalized spacial score (nSPS) is 10.2. The zero-order chi connectivity index (χ0) is 12.4. The van der Waals surface area contributed by atoms with Gasteiger partial charge in [-0.05, 0) is 36.4 Å². The number of halogens is 2. The highest BCUT2D eigenvalue weighted by atomic mass is 19.1. The topological polar surface area (TPSA) is 37.3 Å². The molecule has 0 heterocycles. The molecule has 2 nitrogen and oxygen atoms in total. The van der Waals surface area contributed by atoms with E-state index >= 15 is 0 Å². The lowest BCUT2D eigenvalue weighted by Crippen LogP contribution is -2.04. The molecule has 0 atom stereocenters. The second-order valence-corrected chi connectivity index (χ2v) is 3.50. The number of ketones is 1. The number of phenols is 1. The van der Waals surface area contributed by atoms with Crippen LogP contribution in [0.1, 0.15) is 15.9 Å². The van der Waals surface area contributed by atoms with E-state index in [0.717, 1.165) is 18.2 Å². The van der Waals surface area contributed by atoms with Gasteiger partial charge in [0.15, 0.2) is 5.78 Å². The number of hydrogen-bond donors (Lipinski definition) is 1. The molecule has 0 aliphatic carbocycles. The van der Waals surface area contributed by atoms with E-state index in [0.29, 0.717) is 0 Å². The van der Waals surface area contributed by atoms with Gasteiger partial charge in [-0.15, -0.1) is 0 Å². The molecule has 86 valence electrons. The summed E-state index contributed by atoms with van der Waals surface area (Å²) >= 11 is 0. The van der Waals surface area contributed by atoms with Crippen LogP contribution in [0.2, 0.25) is 0 Å². The fraction of sp³-hybridized carbons (Fsp3) is 0. The third-order valence-corrected chi connectivity index (χ3v) is 2.30. The van der Waals surface area contributed by atoms with Gasteiger partial charge in [0.1, 0.15) is 17.4 Å². The monoisotopic (exact) mass is 234 g/mol. The Hall–Kier alpha value is -2.23. The summed E-state index contributed by atoms with van der Waals surface area (Å²) in [5.74, 6) is -2.08. The van der Waals surface area contributed by atoms with Crippen molar-refractivity contribution in [1.29, 1.82) is 0 Å². The van der Waals surface area contributed by atoms with Crippen LogP contribution in [0, 0.1) is 11.6 Å². The Balaban J connectivity index is 2.40. The van der Waals surface area contributed by atoms with E-state index in [1.165, 1.54) is 24.3 Å². The molecule has 2 aromatic carbocycles. The summed E-state index contributed by atoms with van der Waals surface area (Å²) in [7, 11) is 0. The number of aromatic hydroxyl groups is 1. The van der Waals surface area contributed by atoms with E-state index in [4.69, 9.17) is 5.11 Å². The summed E-state index contributed by atoms with van der Waals surface area (Å²) in [4.78, 5) is 11.8. The molecule has 4 heteroatoms. The molecule has 0 aliphatic rings. The molecular formula is C13H8F2O2. The summed E-state index contributed by atoms with van der Waals surface area (Å²) in [6.07, 6.45) is 0. The van der Waals surface area contributed by atoms with Crippen LogP contribution in [-0.4, -0.2) is 10.9 Å². The van der Waals surface area contributed by atoms with Crippen LogP contribution in [0.25, 0.3) is 0 Å². The van der Waals surface area contributed by atoms with Gasteiger partial charge < -0.3 is 5.11 Å². The number of carbonyl (C=O) groups excluding carboxylic acids is 1. The van der Waals surface area contributed by atoms with E-state index in [-0.39, 0.29) is 16.9 Å². The zero-order valence-corrected chi connectivity index (χ0v) is 8.65. The first-order chi connectivity index (χ1) is 8.08. The van der Waals surface area contributed by atoms with Crippen molar-refractivity contribution in [1.82, 2.24) is 0 Å². The average molecular weight is 234 g/mol. The molecule has 17 heavy (non-hydrogen) atoms. The first-order valence-corrected chi connectivity index (χ1v) is 4.87. The van der Waals surface area contributed by atoms with Crippen LogP contribution in [0.3, 0.4) is 0 Å². The maximum absolute atomic E-state index is 13.4. The molecule has 2 aromatic rings. The number of benzene rings is 2. The zero-order valence-electron chi connectivity index (χ0n) is 8.65. The molecule has 0 fully saturated rings. The van der Waals surface area contributed by atoms with E-state index < -0.39 is 17.4 Å². The fourth-order valence-corrected chi connectivity index (χ4v) is 1.44. The molecular weight excluding hydrogens is 226 g/mol. The van der Waals surface area contributed by atoms with Gasteiger partial charge in [-0.1, -0.05) is 0 Å². The standard InChI is InChI=1S/C13H8F2O2/c14-9-3-1-8(2-4-9)13(17)11-6-5-10(16)7-12(11)15/h1-7,16H. The molecule has 2 rings (SSSR count). The summed E-state index contributed by atoms with van der Waals surface area (Å²) < 4.78 is 26.1. The van der Waals surface area contributed by atoms with Crippen LogP contribution in [0.5, 0.6) is 5.75 Å². The van der Waals surface area contributed by atoms with Gasteiger partial charge in [0.25, 0.3) is 0 Å². The maximum atomic E-state index is 13.4. The number of rotatable bonds is 2. The highest BCUT2D eigenvalue weighted by Gasteiger charge is 2.14. The minimum absolute atomic E-state index is 0.158. The Morgan fingerprint density at radius 2 is 1.65 bits per heavy atom.